The fraction of sp³-hybridized carbons (Fsp3) is 0.280. The van der Waals surface area contributed by atoms with Gasteiger partial charge >= 0.3 is 22.7 Å². The summed E-state index contributed by atoms with van der Waals surface area (Å²) in [7, 11) is -6.76. The fourth-order valence-electron chi connectivity index (χ4n) is 2.26. The molecule has 3 aromatic rings. The van der Waals surface area contributed by atoms with Crippen molar-refractivity contribution in [3.8, 4) is 17.2 Å². The van der Waals surface area contributed by atoms with Gasteiger partial charge < -0.3 is 24.4 Å². The van der Waals surface area contributed by atoms with Crippen LogP contribution in [0.1, 0.15) is 27.8 Å². The van der Waals surface area contributed by atoms with Gasteiger partial charge in [-0.2, -0.15) is 21.6 Å². The highest BCUT2D eigenvalue weighted by Gasteiger charge is 2.48. The van der Waals surface area contributed by atoms with Gasteiger partial charge in [0.15, 0.2) is 0 Å². The number of aromatic hydroxyl groups is 2. The number of aryl methyl sites for hydroxylation is 5. The van der Waals surface area contributed by atoms with Gasteiger partial charge in [0.25, 0.3) is 0 Å². The average Bonchev–Trinajstić information content (AvgIpc) is 2.76. The highest BCUT2D eigenvalue weighted by molar-refractivity contribution is 14.1. The number of benzene rings is 3. The Balaban J connectivity index is 0.000000531. The summed E-state index contributed by atoms with van der Waals surface area (Å²) in [5, 5.41) is 33.4. The van der Waals surface area contributed by atoms with Gasteiger partial charge in [-0.3, -0.25) is 0 Å². The summed E-state index contributed by atoms with van der Waals surface area (Å²) < 4.78 is 62.7. The monoisotopic (exact) mass is 670 g/mol. The van der Waals surface area contributed by atoms with Crippen LogP contribution in [-0.4, -0.2) is 41.3 Å². The van der Waals surface area contributed by atoms with Gasteiger partial charge in [0.1, 0.15) is 17.2 Å². The molecule has 4 N–H and O–H groups in total. The third kappa shape index (κ3) is 13.9. The molecule has 0 atom stereocenters. The van der Waals surface area contributed by atoms with Crippen molar-refractivity contribution in [1.29, 1.82) is 0 Å². The second-order valence-electron chi connectivity index (χ2n) is 8.10. The predicted molar refractivity (Wildman–Crippen MR) is 151 cm³/mol. The maximum absolute atomic E-state index is 12.0. The van der Waals surface area contributed by atoms with E-state index in [-0.39, 0.29) is 5.75 Å². The van der Waals surface area contributed by atoms with E-state index in [0.717, 1.165) is 20.3 Å². The number of hydrogen-bond acceptors (Lipinski definition) is 7. The van der Waals surface area contributed by atoms with Gasteiger partial charge in [0.05, 0.1) is 0 Å². The van der Waals surface area contributed by atoms with Gasteiger partial charge in [-0.05, 0) is 116 Å². The third-order valence-electron chi connectivity index (χ3n) is 4.36. The number of rotatable bonds is 2. The van der Waals surface area contributed by atoms with Crippen LogP contribution in [0.4, 0.5) is 13.2 Å². The Kier molecular flexibility index (Phi) is 14.8. The summed E-state index contributed by atoms with van der Waals surface area (Å²) in [5.41, 5.74) is -1.53. The van der Waals surface area contributed by atoms with Gasteiger partial charge in [-0.25, -0.2) is 0 Å². The van der Waals surface area contributed by atoms with E-state index in [0.29, 0.717) is 22.6 Å². The number of hydrogen-bond donors (Lipinski definition) is 4. The van der Waals surface area contributed by atoms with Crippen molar-refractivity contribution in [2.45, 2.75) is 47.0 Å². The first-order valence-corrected chi connectivity index (χ1v) is 13.4. The minimum absolute atomic E-state index is 0.308. The van der Waals surface area contributed by atoms with Crippen LogP contribution < -0.4 is 4.18 Å². The van der Waals surface area contributed by atoms with Crippen molar-refractivity contribution >= 4 is 39.8 Å². The van der Waals surface area contributed by atoms with Gasteiger partial charge in [-0.15, -0.1) is 0 Å². The molecule has 0 unspecified atom stereocenters. The molecule has 0 bridgehead atoms. The number of phenolic OH excluding ortho intramolecular Hbond substituents is 2. The van der Waals surface area contributed by atoms with Crippen LogP contribution in [0.15, 0.2) is 54.6 Å². The zero-order valence-electron chi connectivity index (χ0n) is 21.7. The maximum Gasteiger partial charge on any atom is 0.534 e. The molecule has 0 spiro atoms. The van der Waals surface area contributed by atoms with Crippen molar-refractivity contribution in [2.75, 3.05) is 0 Å². The molecule has 3 rings (SSSR count). The molecule has 0 fully saturated rings. The van der Waals surface area contributed by atoms with E-state index in [1.165, 1.54) is 25.9 Å². The molecular formula is C25H31BF3IO7S. The van der Waals surface area contributed by atoms with Crippen LogP contribution in [0, 0.1) is 38.2 Å². The Hall–Kier alpha value is -2.49. The summed E-state index contributed by atoms with van der Waals surface area (Å²) in [4.78, 5) is 0. The van der Waals surface area contributed by atoms with Crippen LogP contribution in [0.5, 0.6) is 17.2 Å². The van der Waals surface area contributed by atoms with E-state index >= 15 is 0 Å². The molecule has 0 aliphatic rings. The standard InChI is InChI=1S/C9H9F3O3S.C8H10O.C7H7IO.CH5BO2/c1-6-3-4-7(2)8(5-6)15-16(13,14)9(10,11)12;1-6-3-4-7(2)8(9)5-6;1-5-2-3-6(8)4-7(5)9;1-2(3)4/h3-5H,1-2H3;3-5,9H,1-2H3;2-4,9H,1H3;3-4H,1H3. The van der Waals surface area contributed by atoms with Gasteiger partial charge in [-0.1, -0.05) is 30.3 Å². The fourth-order valence-corrected chi connectivity index (χ4v) is 3.25. The van der Waals surface area contributed by atoms with Crippen LogP contribution in [0.2, 0.25) is 6.82 Å². The lowest BCUT2D eigenvalue weighted by Gasteiger charge is -2.11. The highest BCUT2D eigenvalue weighted by Crippen LogP contribution is 2.29. The molecule has 0 aliphatic carbocycles. The van der Waals surface area contributed by atoms with Gasteiger partial charge in [0, 0.05) is 3.57 Å². The number of phenols is 2. The average molecular weight is 670 g/mol. The topological polar surface area (TPSA) is 124 Å². The van der Waals surface area contributed by atoms with E-state index in [1.807, 2.05) is 45.0 Å². The molecule has 0 heterocycles. The second kappa shape index (κ2) is 15.8. The van der Waals surface area contributed by atoms with Crippen molar-refractivity contribution < 1.29 is 46.0 Å². The van der Waals surface area contributed by atoms with Crippen LogP contribution in [-0.2, 0) is 10.1 Å². The lowest BCUT2D eigenvalue weighted by Crippen LogP contribution is -2.28. The Bertz CT molecular complexity index is 1230. The summed E-state index contributed by atoms with van der Waals surface area (Å²) in [6.45, 7) is 10.1. The van der Waals surface area contributed by atoms with Crippen LogP contribution in [0.25, 0.3) is 0 Å². The molecule has 13 heteroatoms. The summed E-state index contributed by atoms with van der Waals surface area (Å²) in [5.74, 6) is 0.453. The van der Waals surface area contributed by atoms with Crippen molar-refractivity contribution in [2.24, 2.45) is 0 Å². The molecule has 3 aromatic carbocycles. The molecule has 0 amide bonds. The molecular weight excluding hydrogens is 639 g/mol. The van der Waals surface area contributed by atoms with E-state index in [1.54, 1.807) is 25.1 Å². The Morgan fingerprint density at radius 2 is 1.16 bits per heavy atom. The molecule has 7 nitrogen and oxygen atoms in total. The van der Waals surface area contributed by atoms with Crippen molar-refractivity contribution in [1.82, 2.24) is 0 Å². The SMILES string of the molecule is CB(O)O.Cc1ccc(C)c(O)c1.Cc1ccc(C)c(OS(=O)(=O)C(F)(F)F)c1.Cc1ccc(I)cc1O. The lowest BCUT2D eigenvalue weighted by molar-refractivity contribution is -0.0500. The molecule has 0 saturated heterocycles. The number of halogens is 4. The normalized spacial score (nSPS) is 10.5. The van der Waals surface area contributed by atoms with Crippen molar-refractivity contribution in [3.63, 3.8) is 0 Å². The summed E-state index contributed by atoms with van der Waals surface area (Å²) in [6, 6.07) is 15.6. The second-order valence-corrected chi connectivity index (χ2v) is 10.9. The van der Waals surface area contributed by atoms with Crippen molar-refractivity contribution in [3.05, 3.63) is 86.0 Å². The molecule has 0 aliphatic heterocycles. The van der Waals surface area contributed by atoms with E-state index < -0.39 is 22.7 Å². The van der Waals surface area contributed by atoms with Crippen LogP contribution >= 0.6 is 22.6 Å². The summed E-state index contributed by atoms with van der Waals surface area (Å²) in [6.07, 6.45) is 0. The first-order chi connectivity index (χ1) is 17.3. The zero-order valence-corrected chi connectivity index (χ0v) is 24.7. The first kappa shape index (κ1) is 35.5. The molecule has 38 heavy (non-hydrogen) atoms. The molecule has 0 saturated carbocycles. The molecule has 0 aromatic heterocycles. The summed E-state index contributed by atoms with van der Waals surface area (Å²) >= 11 is 2.16. The largest absolute Gasteiger partial charge is 0.534 e. The molecule has 210 valence electrons. The minimum atomic E-state index is -5.59. The Labute approximate surface area is 235 Å². The molecule has 0 radical (unpaired) electrons. The maximum atomic E-state index is 12.0. The highest BCUT2D eigenvalue weighted by atomic mass is 127. The third-order valence-corrected chi connectivity index (χ3v) is 6.00. The van der Waals surface area contributed by atoms with E-state index in [4.69, 9.17) is 20.3 Å². The smallest absolute Gasteiger partial charge is 0.508 e. The van der Waals surface area contributed by atoms with E-state index in [9.17, 15) is 21.6 Å². The zero-order chi connectivity index (χ0) is 29.8. The van der Waals surface area contributed by atoms with Gasteiger partial charge in [0.2, 0.25) is 0 Å². The Morgan fingerprint density at radius 1 is 0.763 bits per heavy atom. The Morgan fingerprint density at radius 3 is 1.53 bits per heavy atom. The number of alkyl halides is 3. The predicted octanol–water partition coefficient (Wildman–Crippen LogP) is 5.94. The van der Waals surface area contributed by atoms with E-state index in [2.05, 4.69) is 26.8 Å². The minimum Gasteiger partial charge on any atom is -0.508 e. The van der Waals surface area contributed by atoms with Crippen LogP contribution in [0.3, 0.4) is 0 Å². The first-order valence-electron chi connectivity index (χ1n) is 10.9. The quantitative estimate of drug-likeness (QED) is 0.115. The lowest BCUT2D eigenvalue weighted by atomic mass is 9.99.